The summed E-state index contributed by atoms with van der Waals surface area (Å²) in [5.74, 6) is 0.0468. The van der Waals surface area contributed by atoms with Gasteiger partial charge in [-0.2, -0.15) is 0 Å². The highest BCUT2D eigenvalue weighted by Gasteiger charge is 2.09. The summed E-state index contributed by atoms with van der Waals surface area (Å²) in [7, 11) is 0. The van der Waals surface area contributed by atoms with E-state index in [-0.39, 0.29) is 5.78 Å². The highest BCUT2D eigenvalue weighted by Crippen LogP contribution is 2.20. The molecule has 0 spiro atoms. The second kappa shape index (κ2) is 2.27. The maximum atomic E-state index is 10.8. The maximum absolute atomic E-state index is 10.8. The van der Waals surface area contributed by atoms with E-state index in [0.717, 1.165) is 11.3 Å². The minimum atomic E-state index is 0.0468. The Hall–Kier alpha value is -1.51. The SMILES string of the molecule is O=C1C=Nc2ccncc2C1. The number of aliphatic imine (C=N–C) groups is 1. The topological polar surface area (TPSA) is 42.3 Å². The van der Waals surface area contributed by atoms with E-state index in [9.17, 15) is 4.79 Å². The summed E-state index contributed by atoms with van der Waals surface area (Å²) < 4.78 is 0. The van der Waals surface area contributed by atoms with Gasteiger partial charge >= 0.3 is 0 Å². The summed E-state index contributed by atoms with van der Waals surface area (Å²) in [5.41, 5.74) is 1.78. The smallest absolute Gasteiger partial charge is 0.178 e. The molecule has 3 heteroatoms. The van der Waals surface area contributed by atoms with E-state index in [1.165, 1.54) is 6.21 Å². The Kier molecular flexibility index (Phi) is 1.28. The fourth-order valence-corrected chi connectivity index (χ4v) is 1.06. The molecule has 0 unspecified atom stereocenters. The molecule has 2 rings (SSSR count). The zero-order valence-electron chi connectivity index (χ0n) is 5.82. The number of ketones is 1. The molecule has 54 valence electrons. The quantitative estimate of drug-likeness (QED) is 0.546. The van der Waals surface area contributed by atoms with Gasteiger partial charge in [0.2, 0.25) is 0 Å². The molecule has 0 radical (unpaired) electrons. The van der Waals surface area contributed by atoms with Gasteiger partial charge in [-0.15, -0.1) is 0 Å². The van der Waals surface area contributed by atoms with Crippen molar-refractivity contribution in [3.05, 3.63) is 24.0 Å². The number of nitrogens with zero attached hydrogens (tertiary/aromatic N) is 2. The van der Waals surface area contributed by atoms with Crippen molar-refractivity contribution in [3.63, 3.8) is 0 Å². The minimum Gasteiger partial charge on any atom is -0.293 e. The van der Waals surface area contributed by atoms with Gasteiger partial charge in [-0.25, -0.2) is 0 Å². The molecule has 11 heavy (non-hydrogen) atoms. The number of fused-ring (bicyclic) bond motifs is 1. The molecule has 0 fully saturated rings. The number of carbonyl (C=O) groups excluding carboxylic acids is 1. The van der Waals surface area contributed by atoms with Crippen LogP contribution in [0.25, 0.3) is 0 Å². The van der Waals surface area contributed by atoms with Crippen LogP contribution in [0.2, 0.25) is 0 Å². The van der Waals surface area contributed by atoms with Crippen LogP contribution in [0.5, 0.6) is 0 Å². The summed E-state index contributed by atoms with van der Waals surface area (Å²) in [6.07, 6.45) is 5.16. The van der Waals surface area contributed by atoms with Crippen molar-refractivity contribution in [1.82, 2.24) is 4.98 Å². The van der Waals surface area contributed by atoms with Crippen molar-refractivity contribution in [2.45, 2.75) is 6.42 Å². The van der Waals surface area contributed by atoms with Gasteiger partial charge in [0.1, 0.15) is 0 Å². The van der Waals surface area contributed by atoms with E-state index in [2.05, 4.69) is 9.98 Å². The Morgan fingerprint density at radius 3 is 3.27 bits per heavy atom. The number of aromatic nitrogens is 1. The molecule has 0 saturated carbocycles. The first-order valence-electron chi connectivity index (χ1n) is 3.36. The number of hydrogen-bond acceptors (Lipinski definition) is 3. The van der Waals surface area contributed by atoms with Gasteiger partial charge in [0.15, 0.2) is 5.78 Å². The minimum absolute atomic E-state index is 0.0468. The molecule has 0 saturated heterocycles. The van der Waals surface area contributed by atoms with E-state index in [1.54, 1.807) is 18.5 Å². The normalized spacial score (nSPS) is 14.7. The van der Waals surface area contributed by atoms with Crippen molar-refractivity contribution in [2.24, 2.45) is 4.99 Å². The lowest BCUT2D eigenvalue weighted by atomic mass is 10.1. The number of hydrogen-bond donors (Lipinski definition) is 0. The van der Waals surface area contributed by atoms with Gasteiger partial charge in [0.05, 0.1) is 11.9 Å². The van der Waals surface area contributed by atoms with Crippen LogP contribution in [0.4, 0.5) is 5.69 Å². The van der Waals surface area contributed by atoms with Crippen molar-refractivity contribution in [2.75, 3.05) is 0 Å². The van der Waals surface area contributed by atoms with Gasteiger partial charge in [-0.05, 0) is 6.07 Å². The highest BCUT2D eigenvalue weighted by atomic mass is 16.1. The van der Waals surface area contributed by atoms with Crippen molar-refractivity contribution in [3.8, 4) is 0 Å². The Morgan fingerprint density at radius 2 is 2.36 bits per heavy atom. The second-order valence-corrected chi connectivity index (χ2v) is 2.41. The average molecular weight is 146 g/mol. The van der Waals surface area contributed by atoms with E-state index in [4.69, 9.17) is 0 Å². The van der Waals surface area contributed by atoms with Gasteiger partial charge in [-0.1, -0.05) is 0 Å². The summed E-state index contributed by atoms with van der Waals surface area (Å²) in [6, 6.07) is 1.80. The van der Waals surface area contributed by atoms with Crippen LogP contribution in [0.1, 0.15) is 5.56 Å². The molecule has 0 aliphatic carbocycles. The van der Waals surface area contributed by atoms with E-state index < -0.39 is 0 Å². The first kappa shape index (κ1) is 6.22. The summed E-state index contributed by atoms with van der Waals surface area (Å²) in [6.45, 7) is 0. The molecule has 0 bridgehead atoms. The van der Waals surface area contributed by atoms with Crippen LogP contribution >= 0.6 is 0 Å². The first-order chi connectivity index (χ1) is 5.36. The molecule has 0 N–H and O–H groups in total. The van der Waals surface area contributed by atoms with Crippen molar-refractivity contribution >= 4 is 17.7 Å². The van der Waals surface area contributed by atoms with E-state index in [0.29, 0.717) is 6.42 Å². The van der Waals surface area contributed by atoms with Gasteiger partial charge in [0, 0.05) is 24.4 Å². The van der Waals surface area contributed by atoms with Crippen LogP contribution in [-0.4, -0.2) is 17.0 Å². The van der Waals surface area contributed by atoms with Crippen LogP contribution < -0.4 is 0 Å². The number of carbonyl (C=O) groups is 1. The molecule has 1 aliphatic rings. The molecule has 1 aliphatic heterocycles. The Bertz CT molecular complexity index is 331. The summed E-state index contributed by atoms with van der Waals surface area (Å²) in [5, 5.41) is 0. The van der Waals surface area contributed by atoms with Gasteiger partial charge < -0.3 is 0 Å². The molecule has 1 aromatic rings. The average Bonchev–Trinajstić information content (AvgIpc) is 2.04. The number of pyridine rings is 1. The fourth-order valence-electron chi connectivity index (χ4n) is 1.06. The molecule has 0 amide bonds. The van der Waals surface area contributed by atoms with Crippen LogP contribution in [-0.2, 0) is 11.2 Å². The third-order valence-corrected chi connectivity index (χ3v) is 1.59. The summed E-state index contributed by atoms with van der Waals surface area (Å²) in [4.78, 5) is 18.7. The van der Waals surface area contributed by atoms with E-state index >= 15 is 0 Å². The Labute approximate surface area is 63.8 Å². The highest BCUT2D eigenvalue weighted by molar-refractivity contribution is 6.29. The van der Waals surface area contributed by atoms with Crippen LogP contribution in [0.15, 0.2) is 23.5 Å². The molecule has 3 nitrogen and oxygen atoms in total. The van der Waals surface area contributed by atoms with E-state index in [1.807, 2.05) is 0 Å². The number of Topliss-reactive ketones (excluding diaryl/α,β-unsaturated/α-hetero) is 1. The molecular formula is C8H6N2O. The van der Waals surface area contributed by atoms with Crippen LogP contribution in [0.3, 0.4) is 0 Å². The lowest BCUT2D eigenvalue weighted by Crippen LogP contribution is -2.08. The maximum Gasteiger partial charge on any atom is 0.178 e. The number of rotatable bonds is 0. The third kappa shape index (κ3) is 1.05. The molecule has 2 heterocycles. The molecule has 1 aromatic heterocycles. The lowest BCUT2D eigenvalue weighted by molar-refractivity contribution is -0.112. The van der Waals surface area contributed by atoms with Crippen LogP contribution in [0, 0.1) is 0 Å². The first-order valence-corrected chi connectivity index (χ1v) is 3.36. The largest absolute Gasteiger partial charge is 0.293 e. The van der Waals surface area contributed by atoms with Gasteiger partial charge in [-0.3, -0.25) is 14.8 Å². The zero-order chi connectivity index (χ0) is 7.68. The van der Waals surface area contributed by atoms with Crippen molar-refractivity contribution < 1.29 is 4.79 Å². The molecule has 0 aromatic carbocycles. The Balaban J connectivity index is 2.54. The van der Waals surface area contributed by atoms with Crippen molar-refractivity contribution in [1.29, 1.82) is 0 Å². The predicted octanol–water partition coefficient (Wildman–Crippen LogP) is 0.909. The fraction of sp³-hybridized carbons (Fsp3) is 0.125. The monoisotopic (exact) mass is 146 g/mol. The Morgan fingerprint density at radius 1 is 1.45 bits per heavy atom. The van der Waals surface area contributed by atoms with Gasteiger partial charge in [0.25, 0.3) is 0 Å². The molecular weight excluding hydrogens is 140 g/mol. The lowest BCUT2D eigenvalue weighted by Gasteiger charge is -2.05. The zero-order valence-corrected chi connectivity index (χ0v) is 5.82. The predicted molar refractivity (Wildman–Crippen MR) is 41.1 cm³/mol. The standard InChI is InChI=1S/C8H6N2O/c11-7-3-6-4-9-2-1-8(6)10-5-7/h1-2,4-5H,3H2. The summed E-state index contributed by atoms with van der Waals surface area (Å²) >= 11 is 0. The third-order valence-electron chi connectivity index (χ3n) is 1.59. The second-order valence-electron chi connectivity index (χ2n) is 2.41. The molecule has 0 atom stereocenters.